The van der Waals surface area contributed by atoms with E-state index < -0.39 is 0 Å². The Hall–Kier alpha value is -2.29. The van der Waals surface area contributed by atoms with Crippen molar-refractivity contribution in [2.75, 3.05) is 31.1 Å². The Bertz CT molecular complexity index is 715. The Morgan fingerprint density at radius 1 is 0.826 bits per heavy atom. The maximum atomic E-state index is 12.7. The molecule has 0 aliphatic carbocycles. The van der Waals surface area contributed by atoms with Gasteiger partial charge < -0.3 is 9.80 Å². The number of anilines is 1. The first-order valence-electron chi connectivity index (χ1n) is 8.23. The van der Waals surface area contributed by atoms with Gasteiger partial charge in [0.15, 0.2) is 0 Å². The van der Waals surface area contributed by atoms with Crippen molar-refractivity contribution in [3.63, 3.8) is 0 Å². The first kappa shape index (κ1) is 15.6. The quantitative estimate of drug-likeness (QED) is 0.846. The lowest BCUT2D eigenvalue weighted by atomic mass is 10.1. The third-order valence-electron chi connectivity index (χ3n) is 4.80. The molecule has 0 radical (unpaired) electrons. The van der Waals surface area contributed by atoms with Crippen molar-refractivity contribution in [3.8, 4) is 0 Å². The molecule has 1 aliphatic rings. The zero-order chi connectivity index (χ0) is 16.4. The monoisotopic (exact) mass is 308 g/mol. The van der Waals surface area contributed by atoms with E-state index in [9.17, 15) is 4.79 Å². The number of carbonyl (C=O) groups excluding carboxylic acids is 1. The lowest BCUT2D eigenvalue weighted by Crippen LogP contribution is -2.49. The van der Waals surface area contributed by atoms with Crippen molar-refractivity contribution in [1.82, 2.24) is 4.90 Å². The molecular weight excluding hydrogens is 284 g/mol. The van der Waals surface area contributed by atoms with E-state index in [1.165, 1.54) is 16.8 Å². The summed E-state index contributed by atoms with van der Waals surface area (Å²) in [6.07, 6.45) is 0. The van der Waals surface area contributed by atoms with Gasteiger partial charge in [0.25, 0.3) is 5.91 Å². The predicted molar refractivity (Wildman–Crippen MR) is 95.2 cm³/mol. The van der Waals surface area contributed by atoms with Gasteiger partial charge in [0, 0.05) is 37.4 Å². The first-order chi connectivity index (χ1) is 11.1. The molecule has 1 heterocycles. The van der Waals surface area contributed by atoms with Gasteiger partial charge in [0.2, 0.25) is 0 Å². The average Bonchev–Trinajstić information content (AvgIpc) is 2.57. The highest BCUT2D eigenvalue weighted by Gasteiger charge is 2.23. The van der Waals surface area contributed by atoms with Crippen LogP contribution in [-0.4, -0.2) is 37.0 Å². The average molecular weight is 308 g/mol. The molecule has 2 aromatic carbocycles. The fraction of sp³-hybridized carbons (Fsp3) is 0.350. The summed E-state index contributed by atoms with van der Waals surface area (Å²) in [4.78, 5) is 17.0. The number of rotatable bonds is 2. The van der Waals surface area contributed by atoms with Crippen LogP contribution in [0.4, 0.5) is 5.69 Å². The number of piperazine rings is 1. The summed E-state index contributed by atoms with van der Waals surface area (Å²) >= 11 is 0. The van der Waals surface area contributed by atoms with E-state index in [0.29, 0.717) is 0 Å². The lowest BCUT2D eigenvalue weighted by molar-refractivity contribution is 0.0746. The van der Waals surface area contributed by atoms with Crippen LogP contribution in [0.1, 0.15) is 27.0 Å². The summed E-state index contributed by atoms with van der Waals surface area (Å²) in [6.45, 7) is 9.62. The zero-order valence-corrected chi connectivity index (χ0v) is 14.2. The topological polar surface area (TPSA) is 23.6 Å². The number of nitrogens with zero attached hydrogens (tertiary/aromatic N) is 2. The van der Waals surface area contributed by atoms with E-state index in [2.05, 4.69) is 36.9 Å². The van der Waals surface area contributed by atoms with Crippen molar-refractivity contribution in [2.24, 2.45) is 0 Å². The molecule has 0 spiro atoms. The molecule has 1 aliphatic heterocycles. The molecule has 3 nitrogen and oxygen atoms in total. The van der Waals surface area contributed by atoms with E-state index >= 15 is 0 Å². The van der Waals surface area contributed by atoms with Crippen LogP contribution in [-0.2, 0) is 0 Å². The highest BCUT2D eigenvalue weighted by molar-refractivity contribution is 5.95. The fourth-order valence-electron chi connectivity index (χ4n) is 3.07. The molecule has 23 heavy (non-hydrogen) atoms. The van der Waals surface area contributed by atoms with Gasteiger partial charge in [-0.2, -0.15) is 0 Å². The maximum absolute atomic E-state index is 12.7. The molecule has 3 heteroatoms. The minimum absolute atomic E-state index is 0.155. The van der Waals surface area contributed by atoms with Crippen LogP contribution < -0.4 is 4.90 Å². The Morgan fingerprint density at radius 2 is 1.52 bits per heavy atom. The maximum Gasteiger partial charge on any atom is 0.254 e. The molecular formula is C20H24N2O. The molecule has 0 bridgehead atoms. The van der Waals surface area contributed by atoms with Gasteiger partial charge in [-0.25, -0.2) is 0 Å². The number of amides is 1. The third kappa shape index (κ3) is 3.24. The Kier molecular flexibility index (Phi) is 4.37. The van der Waals surface area contributed by atoms with Crippen molar-refractivity contribution in [2.45, 2.75) is 20.8 Å². The van der Waals surface area contributed by atoms with Gasteiger partial charge in [0.1, 0.15) is 0 Å². The molecule has 0 atom stereocenters. The summed E-state index contributed by atoms with van der Waals surface area (Å²) < 4.78 is 0. The Morgan fingerprint density at radius 3 is 2.17 bits per heavy atom. The van der Waals surface area contributed by atoms with E-state index in [1.54, 1.807) is 0 Å². The van der Waals surface area contributed by atoms with Gasteiger partial charge >= 0.3 is 0 Å². The molecule has 1 fully saturated rings. The van der Waals surface area contributed by atoms with Crippen LogP contribution in [0.2, 0.25) is 0 Å². The number of benzene rings is 2. The van der Waals surface area contributed by atoms with Gasteiger partial charge in [-0.05, 0) is 55.7 Å². The van der Waals surface area contributed by atoms with Crippen LogP contribution in [0.25, 0.3) is 0 Å². The zero-order valence-electron chi connectivity index (χ0n) is 14.2. The normalized spacial score (nSPS) is 14.9. The molecule has 2 aromatic rings. The SMILES string of the molecule is Cc1ccc(N2CCN(C(=O)c3ccccc3C)CC2)cc1C. The van der Waals surface area contributed by atoms with Crippen molar-refractivity contribution in [1.29, 1.82) is 0 Å². The van der Waals surface area contributed by atoms with Gasteiger partial charge in [-0.3, -0.25) is 4.79 Å². The second-order valence-corrected chi connectivity index (χ2v) is 6.36. The molecule has 120 valence electrons. The van der Waals surface area contributed by atoms with Crippen LogP contribution in [0, 0.1) is 20.8 Å². The minimum atomic E-state index is 0.155. The van der Waals surface area contributed by atoms with E-state index in [4.69, 9.17) is 0 Å². The molecule has 0 unspecified atom stereocenters. The summed E-state index contributed by atoms with van der Waals surface area (Å²) in [5.41, 5.74) is 5.78. The molecule has 0 saturated carbocycles. The number of aryl methyl sites for hydroxylation is 3. The number of carbonyl (C=O) groups is 1. The predicted octanol–water partition coefficient (Wildman–Crippen LogP) is 3.57. The van der Waals surface area contributed by atoms with Crippen LogP contribution in [0.3, 0.4) is 0 Å². The Labute approximate surface area is 138 Å². The number of hydrogen-bond acceptors (Lipinski definition) is 2. The van der Waals surface area contributed by atoms with E-state index in [-0.39, 0.29) is 5.91 Å². The largest absolute Gasteiger partial charge is 0.368 e. The van der Waals surface area contributed by atoms with Crippen molar-refractivity contribution in [3.05, 3.63) is 64.7 Å². The fourth-order valence-corrected chi connectivity index (χ4v) is 3.07. The third-order valence-corrected chi connectivity index (χ3v) is 4.80. The second-order valence-electron chi connectivity index (χ2n) is 6.36. The van der Waals surface area contributed by atoms with Crippen LogP contribution >= 0.6 is 0 Å². The van der Waals surface area contributed by atoms with Crippen LogP contribution in [0.5, 0.6) is 0 Å². The van der Waals surface area contributed by atoms with Crippen molar-refractivity contribution >= 4 is 11.6 Å². The molecule has 0 N–H and O–H groups in total. The van der Waals surface area contributed by atoms with Gasteiger partial charge in [-0.15, -0.1) is 0 Å². The summed E-state index contributed by atoms with van der Waals surface area (Å²) in [5, 5.41) is 0. The van der Waals surface area contributed by atoms with Crippen molar-refractivity contribution < 1.29 is 4.79 Å². The minimum Gasteiger partial charge on any atom is -0.368 e. The van der Waals surface area contributed by atoms with Gasteiger partial charge in [-0.1, -0.05) is 24.3 Å². The smallest absolute Gasteiger partial charge is 0.254 e. The first-order valence-corrected chi connectivity index (χ1v) is 8.23. The van der Waals surface area contributed by atoms with Crippen LogP contribution in [0.15, 0.2) is 42.5 Å². The lowest BCUT2D eigenvalue weighted by Gasteiger charge is -2.36. The van der Waals surface area contributed by atoms with E-state index in [0.717, 1.165) is 37.3 Å². The molecule has 3 rings (SSSR count). The standard InChI is InChI=1S/C20H24N2O/c1-15-8-9-18(14-17(15)3)21-10-12-22(13-11-21)20(23)19-7-5-4-6-16(19)2/h4-9,14H,10-13H2,1-3H3. The second kappa shape index (κ2) is 6.45. The molecule has 0 aromatic heterocycles. The molecule has 1 saturated heterocycles. The summed E-state index contributed by atoms with van der Waals surface area (Å²) in [6, 6.07) is 14.4. The Balaban J connectivity index is 1.67. The molecule has 1 amide bonds. The summed E-state index contributed by atoms with van der Waals surface area (Å²) in [5.74, 6) is 0.155. The highest BCUT2D eigenvalue weighted by Crippen LogP contribution is 2.21. The summed E-state index contributed by atoms with van der Waals surface area (Å²) in [7, 11) is 0. The van der Waals surface area contributed by atoms with E-state index in [1.807, 2.05) is 36.1 Å². The number of hydrogen-bond donors (Lipinski definition) is 0. The highest BCUT2D eigenvalue weighted by atomic mass is 16.2. The van der Waals surface area contributed by atoms with Gasteiger partial charge in [0.05, 0.1) is 0 Å².